The highest BCUT2D eigenvalue weighted by Gasteiger charge is 2.31. The van der Waals surface area contributed by atoms with E-state index in [-0.39, 0.29) is 17.9 Å². The minimum Gasteiger partial charge on any atom is -0.329 e. The molecule has 29 heavy (non-hydrogen) atoms. The molecule has 1 atom stereocenters. The van der Waals surface area contributed by atoms with E-state index in [0.717, 1.165) is 18.1 Å². The fourth-order valence-corrected chi connectivity index (χ4v) is 3.88. The van der Waals surface area contributed by atoms with Gasteiger partial charge < -0.3 is 14.8 Å². The fourth-order valence-electron chi connectivity index (χ4n) is 3.88. The Morgan fingerprint density at radius 3 is 2.66 bits per heavy atom. The zero-order valence-electron chi connectivity index (χ0n) is 16.5. The summed E-state index contributed by atoms with van der Waals surface area (Å²) in [5, 5.41) is 11.3. The van der Waals surface area contributed by atoms with Gasteiger partial charge in [0.2, 0.25) is 5.91 Å². The van der Waals surface area contributed by atoms with Crippen molar-refractivity contribution in [2.75, 3.05) is 11.9 Å². The van der Waals surface area contributed by atoms with Crippen LogP contribution in [0.2, 0.25) is 0 Å². The van der Waals surface area contributed by atoms with Crippen LogP contribution in [-0.4, -0.2) is 38.0 Å². The maximum absolute atomic E-state index is 13.2. The van der Waals surface area contributed by atoms with Gasteiger partial charge in [-0.25, -0.2) is 0 Å². The summed E-state index contributed by atoms with van der Waals surface area (Å²) >= 11 is 0. The first-order chi connectivity index (χ1) is 14.0. The minimum atomic E-state index is -0.168. The van der Waals surface area contributed by atoms with Gasteiger partial charge in [-0.05, 0) is 37.1 Å². The molecule has 0 spiro atoms. The third-order valence-corrected chi connectivity index (χ3v) is 5.10. The number of hydrogen-bond donors (Lipinski definition) is 1. The average molecular weight is 389 g/mol. The SMILES string of the molecule is CC(=O)Nc1cccc(C(=O)N2Cc3nnc(C)n3[C@H](Cc3ccccc3)C2)c1. The molecule has 0 aliphatic carbocycles. The van der Waals surface area contributed by atoms with Gasteiger partial charge in [0.25, 0.3) is 5.91 Å². The van der Waals surface area contributed by atoms with Crippen LogP contribution in [0.15, 0.2) is 54.6 Å². The van der Waals surface area contributed by atoms with Crippen LogP contribution in [0.25, 0.3) is 0 Å². The molecule has 0 saturated carbocycles. The van der Waals surface area contributed by atoms with E-state index in [1.807, 2.05) is 30.0 Å². The van der Waals surface area contributed by atoms with Crippen molar-refractivity contribution in [2.24, 2.45) is 0 Å². The molecule has 2 amide bonds. The van der Waals surface area contributed by atoms with Gasteiger partial charge >= 0.3 is 0 Å². The van der Waals surface area contributed by atoms with E-state index in [4.69, 9.17) is 0 Å². The zero-order valence-corrected chi connectivity index (χ0v) is 16.5. The summed E-state index contributed by atoms with van der Waals surface area (Å²) in [6, 6.07) is 17.3. The number of carbonyl (C=O) groups excluding carboxylic acids is 2. The summed E-state index contributed by atoms with van der Waals surface area (Å²) in [7, 11) is 0. The molecule has 1 aliphatic heterocycles. The Morgan fingerprint density at radius 1 is 1.10 bits per heavy atom. The molecular weight excluding hydrogens is 366 g/mol. The van der Waals surface area contributed by atoms with Crippen molar-refractivity contribution in [3.05, 3.63) is 77.4 Å². The summed E-state index contributed by atoms with van der Waals surface area (Å²) in [5.74, 6) is 1.41. The maximum atomic E-state index is 13.2. The molecule has 2 heterocycles. The molecule has 4 rings (SSSR count). The summed E-state index contributed by atoms with van der Waals surface area (Å²) < 4.78 is 2.14. The molecule has 1 aliphatic rings. The van der Waals surface area contributed by atoms with E-state index < -0.39 is 0 Å². The number of anilines is 1. The van der Waals surface area contributed by atoms with E-state index >= 15 is 0 Å². The lowest BCUT2D eigenvalue weighted by Crippen LogP contribution is -2.42. The molecule has 0 bridgehead atoms. The van der Waals surface area contributed by atoms with Crippen molar-refractivity contribution in [3.63, 3.8) is 0 Å². The first kappa shape index (κ1) is 18.9. The van der Waals surface area contributed by atoms with E-state index in [9.17, 15) is 9.59 Å². The molecule has 7 nitrogen and oxygen atoms in total. The van der Waals surface area contributed by atoms with Gasteiger partial charge in [-0.3, -0.25) is 9.59 Å². The molecule has 2 aromatic carbocycles. The number of nitrogens with zero attached hydrogens (tertiary/aromatic N) is 4. The Labute approximate surface area is 169 Å². The number of aryl methyl sites for hydroxylation is 1. The summed E-state index contributed by atoms with van der Waals surface area (Å²) in [4.78, 5) is 26.3. The van der Waals surface area contributed by atoms with Gasteiger partial charge in [-0.2, -0.15) is 0 Å². The number of benzene rings is 2. The smallest absolute Gasteiger partial charge is 0.254 e. The van der Waals surface area contributed by atoms with Crippen molar-refractivity contribution in [2.45, 2.75) is 32.9 Å². The fraction of sp³-hybridized carbons (Fsp3) is 0.273. The zero-order chi connectivity index (χ0) is 20.4. The van der Waals surface area contributed by atoms with Gasteiger partial charge in [0.05, 0.1) is 12.6 Å². The topological polar surface area (TPSA) is 80.1 Å². The Bertz CT molecular complexity index is 1040. The number of aromatic nitrogens is 3. The average Bonchev–Trinajstić information content (AvgIpc) is 3.09. The summed E-state index contributed by atoms with van der Waals surface area (Å²) in [6.07, 6.45) is 0.794. The molecule has 1 N–H and O–H groups in total. The molecule has 7 heteroatoms. The van der Waals surface area contributed by atoms with Crippen molar-refractivity contribution in [3.8, 4) is 0 Å². The van der Waals surface area contributed by atoms with Crippen LogP contribution in [0.1, 0.15) is 40.5 Å². The Balaban J connectivity index is 1.60. The molecule has 3 aromatic rings. The third kappa shape index (κ3) is 4.03. The number of fused-ring (bicyclic) bond motifs is 1. The normalized spacial score (nSPS) is 15.7. The van der Waals surface area contributed by atoms with Gasteiger partial charge in [0, 0.05) is 24.7 Å². The van der Waals surface area contributed by atoms with Crippen molar-refractivity contribution < 1.29 is 9.59 Å². The predicted molar refractivity (Wildman–Crippen MR) is 109 cm³/mol. The second-order valence-electron chi connectivity index (χ2n) is 7.32. The van der Waals surface area contributed by atoms with E-state index in [2.05, 4.69) is 32.2 Å². The lowest BCUT2D eigenvalue weighted by molar-refractivity contribution is -0.114. The summed E-state index contributed by atoms with van der Waals surface area (Å²) in [5.41, 5.74) is 2.36. The van der Waals surface area contributed by atoms with Gasteiger partial charge in [0.1, 0.15) is 5.82 Å². The standard InChI is InChI=1S/C22H23N5O2/c1-15-24-25-21-14-26(13-20(27(15)21)11-17-7-4-3-5-8-17)22(29)18-9-6-10-19(12-18)23-16(2)28/h3-10,12,20H,11,13-14H2,1-2H3,(H,23,28)/t20-/m1/s1. The highest BCUT2D eigenvalue weighted by atomic mass is 16.2. The quantitative estimate of drug-likeness (QED) is 0.744. The highest BCUT2D eigenvalue weighted by Crippen LogP contribution is 2.26. The molecule has 0 unspecified atom stereocenters. The van der Waals surface area contributed by atoms with Crippen molar-refractivity contribution in [1.82, 2.24) is 19.7 Å². The lowest BCUT2D eigenvalue weighted by Gasteiger charge is -2.34. The Morgan fingerprint density at radius 2 is 1.90 bits per heavy atom. The number of nitrogens with one attached hydrogen (secondary N) is 1. The summed E-state index contributed by atoms with van der Waals surface area (Å²) in [6.45, 7) is 4.38. The van der Waals surface area contributed by atoms with Crippen LogP contribution in [0, 0.1) is 6.92 Å². The van der Waals surface area contributed by atoms with Crippen LogP contribution < -0.4 is 5.32 Å². The number of hydrogen-bond acceptors (Lipinski definition) is 4. The molecule has 0 fully saturated rings. The van der Waals surface area contributed by atoms with Gasteiger partial charge in [-0.15, -0.1) is 10.2 Å². The van der Waals surface area contributed by atoms with Gasteiger partial charge in [-0.1, -0.05) is 36.4 Å². The minimum absolute atomic E-state index is 0.0682. The first-order valence-corrected chi connectivity index (χ1v) is 9.62. The van der Waals surface area contributed by atoms with Crippen LogP contribution in [0.5, 0.6) is 0 Å². The maximum Gasteiger partial charge on any atom is 0.254 e. The van der Waals surface area contributed by atoms with E-state index in [0.29, 0.717) is 24.3 Å². The van der Waals surface area contributed by atoms with Crippen LogP contribution >= 0.6 is 0 Å². The Hall–Kier alpha value is -3.48. The molecular formula is C22H23N5O2. The molecule has 148 valence electrons. The van der Waals surface area contributed by atoms with Crippen LogP contribution in [0.3, 0.4) is 0 Å². The third-order valence-electron chi connectivity index (χ3n) is 5.10. The molecule has 0 radical (unpaired) electrons. The van der Waals surface area contributed by atoms with Crippen LogP contribution in [0.4, 0.5) is 5.69 Å². The highest BCUT2D eigenvalue weighted by molar-refractivity contribution is 5.96. The number of amides is 2. The van der Waals surface area contributed by atoms with E-state index in [1.165, 1.54) is 12.5 Å². The largest absolute Gasteiger partial charge is 0.329 e. The number of carbonyl (C=O) groups is 2. The molecule has 1 aromatic heterocycles. The van der Waals surface area contributed by atoms with Gasteiger partial charge in [0.15, 0.2) is 5.82 Å². The first-order valence-electron chi connectivity index (χ1n) is 9.62. The second-order valence-corrected chi connectivity index (χ2v) is 7.32. The Kier molecular flexibility index (Phi) is 5.12. The second kappa shape index (κ2) is 7.87. The van der Waals surface area contributed by atoms with Crippen molar-refractivity contribution in [1.29, 1.82) is 0 Å². The number of rotatable bonds is 4. The monoisotopic (exact) mass is 389 g/mol. The van der Waals surface area contributed by atoms with E-state index in [1.54, 1.807) is 24.3 Å². The lowest BCUT2D eigenvalue weighted by atomic mass is 10.0. The molecule has 0 saturated heterocycles. The van der Waals surface area contributed by atoms with Crippen molar-refractivity contribution >= 4 is 17.5 Å². The predicted octanol–water partition coefficient (Wildman–Crippen LogP) is 2.98. The van der Waals surface area contributed by atoms with Crippen LogP contribution in [-0.2, 0) is 17.8 Å².